The molecule has 0 amide bonds. The van der Waals surface area contributed by atoms with E-state index in [4.69, 9.17) is 10.5 Å². The number of hydrogen-bond donors (Lipinski definition) is 2. The van der Waals surface area contributed by atoms with Crippen LogP contribution in [0.4, 0.5) is 0 Å². The third-order valence-electron chi connectivity index (χ3n) is 3.86. The number of hydrogen-bond acceptors (Lipinski definition) is 3. The second kappa shape index (κ2) is 5.29. The zero-order valence-electron chi connectivity index (χ0n) is 11.6. The van der Waals surface area contributed by atoms with Crippen molar-refractivity contribution in [1.29, 1.82) is 0 Å². The van der Waals surface area contributed by atoms with Crippen LogP contribution in [-0.2, 0) is 6.42 Å². The molecule has 1 aliphatic rings. The van der Waals surface area contributed by atoms with Crippen molar-refractivity contribution in [3.63, 3.8) is 0 Å². The maximum Gasteiger partial charge on any atom is 0.122 e. The third kappa shape index (κ3) is 2.52. The van der Waals surface area contributed by atoms with Gasteiger partial charge >= 0.3 is 0 Å². The van der Waals surface area contributed by atoms with Gasteiger partial charge in [0.05, 0.1) is 6.61 Å². The molecule has 0 spiro atoms. The highest BCUT2D eigenvalue weighted by atomic mass is 16.5. The summed E-state index contributed by atoms with van der Waals surface area (Å²) in [6, 6.07) is 6.80. The van der Waals surface area contributed by atoms with Gasteiger partial charge in [0.25, 0.3) is 0 Å². The normalized spacial score (nSPS) is 16.9. The highest BCUT2D eigenvalue weighted by Gasteiger charge is 2.28. The first-order chi connectivity index (χ1) is 8.58. The standard InChI is InChI=1S/C15H24N2O/c1-15(2,10-16)14(17-3)12-6-7-13-11(9-12)5-4-8-18-13/h6-7,9,14,17H,4-5,8,10,16H2,1-3H3. The monoisotopic (exact) mass is 248 g/mol. The zero-order valence-corrected chi connectivity index (χ0v) is 11.6. The van der Waals surface area contributed by atoms with Gasteiger partial charge in [0.15, 0.2) is 0 Å². The lowest BCUT2D eigenvalue weighted by Crippen LogP contribution is -2.37. The van der Waals surface area contributed by atoms with Crippen LogP contribution in [0.3, 0.4) is 0 Å². The quantitative estimate of drug-likeness (QED) is 0.859. The highest BCUT2D eigenvalue weighted by molar-refractivity contribution is 5.40. The predicted molar refractivity (Wildman–Crippen MR) is 74.9 cm³/mol. The molecule has 0 aromatic heterocycles. The molecule has 2 rings (SSSR count). The molecule has 0 radical (unpaired) electrons. The number of aryl methyl sites for hydroxylation is 1. The van der Waals surface area contributed by atoms with Crippen LogP contribution in [0.5, 0.6) is 5.75 Å². The summed E-state index contributed by atoms with van der Waals surface area (Å²) in [4.78, 5) is 0. The average Bonchev–Trinajstić information content (AvgIpc) is 2.39. The molecule has 1 aliphatic heterocycles. The van der Waals surface area contributed by atoms with Crippen molar-refractivity contribution in [1.82, 2.24) is 5.32 Å². The van der Waals surface area contributed by atoms with Crippen LogP contribution in [0.25, 0.3) is 0 Å². The number of rotatable bonds is 4. The molecule has 0 bridgehead atoms. The van der Waals surface area contributed by atoms with E-state index in [9.17, 15) is 0 Å². The average molecular weight is 248 g/mol. The number of ether oxygens (including phenoxy) is 1. The molecule has 3 heteroatoms. The van der Waals surface area contributed by atoms with E-state index < -0.39 is 0 Å². The Morgan fingerprint density at radius 1 is 1.44 bits per heavy atom. The van der Waals surface area contributed by atoms with E-state index in [0.29, 0.717) is 6.54 Å². The molecule has 0 aliphatic carbocycles. The van der Waals surface area contributed by atoms with Gasteiger partial charge in [-0.15, -0.1) is 0 Å². The molecular formula is C15H24N2O. The van der Waals surface area contributed by atoms with Crippen LogP contribution in [-0.4, -0.2) is 20.2 Å². The Morgan fingerprint density at radius 2 is 2.22 bits per heavy atom. The summed E-state index contributed by atoms with van der Waals surface area (Å²) in [5, 5.41) is 3.40. The van der Waals surface area contributed by atoms with Gasteiger partial charge in [-0.1, -0.05) is 26.0 Å². The van der Waals surface area contributed by atoms with E-state index in [1.807, 2.05) is 7.05 Å². The van der Waals surface area contributed by atoms with E-state index in [2.05, 4.69) is 37.4 Å². The zero-order chi connectivity index (χ0) is 13.2. The highest BCUT2D eigenvalue weighted by Crippen LogP contribution is 2.35. The Hall–Kier alpha value is -1.06. The van der Waals surface area contributed by atoms with Gasteiger partial charge in [-0.05, 0) is 49.0 Å². The molecule has 3 N–H and O–H groups in total. The lowest BCUT2D eigenvalue weighted by molar-refractivity contribution is 0.263. The Kier molecular flexibility index (Phi) is 3.93. The lowest BCUT2D eigenvalue weighted by atomic mass is 9.80. The lowest BCUT2D eigenvalue weighted by Gasteiger charge is -2.34. The summed E-state index contributed by atoms with van der Waals surface area (Å²) in [5.41, 5.74) is 8.56. The van der Waals surface area contributed by atoms with Crippen molar-refractivity contribution in [3.8, 4) is 5.75 Å². The second-order valence-electron chi connectivity index (χ2n) is 5.73. The van der Waals surface area contributed by atoms with Crippen molar-refractivity contribution in [2.24, 2.45) is 11.1 Å². The van der Waals surface area contributed by atoms with E-state index in [-0.39, 0.29) is 11.5 Å². The van der Waals surface area contributed by atoms with Crippen molar-refractivity contribution in [3.05, 3.63) is 29.3 Å². The Balaban J connectivity index is 2.32. The molecule has 1 atom stereocenters. The summed E-state index contributed by atoms with van der Waals surface area (Å²) in [7, 11) is 2.00. The molecule has 0 saturated heterocycles. The number of fused-ring (bicyclic) bond motifs is 1. The Morgan fingerprint density at radius 3 is 2.89 bits per heavy atom. The van der Waals surface area contributed by atoms with E-state index in [1.165, 1.54) is 11.1 Å². The summed E-state index contributed by atoms with van der Waals surface area (Å²) >= 11 is 0. The van der Waals surface area contributed by atoms with Crippen LogP contribution < -0.4 is 15.8 Å². The predicted octanol–water partition coefficient (Wildman–Crippen LogP) is 2.26. The number of nitrogens with one attached hydrogen (secondary N) is 1. The molecule has 0 fully saturated rings. The third-order valence-corrected chi connectivity index (χ3v) is 3.86. The molecule has 1 heterocycles. The van der Waals surface area contributed by atoms with Gasteiger partial charge in [0.2, 0.25) is 0 Å². The van der Waals surface area contributed by atoms with Gasteiger partial charge in [-0.2, -0.15) is 0 Å². The Labute approximate surface area is 110 Å². The SMILES string of the molecule is CNC(c1ccc2c(c1)CCCO2)C(C)(C)CN. The van der Waals surface area contributed by atoms with Gasteiger partial charge in [0, 0.05) is 6.04 Å². The van der Waals surface area contributed by atoms with Gasteiger partial charge < -0.3 is 15.8 Å². The first-order valence-corrected chi connectivity index (χ1v) is 6.71. The fourth-order valence-electron chi connectivity index (χ4n) is 2.69. The maximum atomic E-state index is 5.89. The van der Waals surface area contributed by atoms with Crippen molar-refractivity contribution in [2.75, 3.05) is 20.2 Å². The van der Waals surface area contributed by atoms with Gasteiger partial charge in [0.1, 0.15) is 5.75 Å². The molecular weight excluding hydrogens is 224 g/mol. The first-order valence-electron chi connectivity index (χ1n) is 6.71. The first kappa shape index (κ1) is 13.4. The Bertz CT molecular complexity index is 415. The summed E-state index contributed by atoms with van der Waals surface area (Å²) in [6.45, 7) is 5.90. The van der Waals surface area contributed by atoms with Crippen molar-refractivity contribution >= 4 is 0 Å². The van der Waals surface area contributed by atoms with Crippen LogP contribution >= 0.6 is 0 Å². The van der Waals surface area contributed by atoms with E-state index in [0.717, 1.165) is 25.2 Å². The molecule has 0 saturated carbocycles. The fourth-order valence-corrected chi connectivity index (χ4v) is 2.69. The van der Waals surface area contributed by atoms with E-state index >= 15 is 0 Å². The van der Waals surface area contributed by atoms with Crippen LogP contribution in [0.2, 0.25) is 0 Å². The summed E-state index contributed by atoms with van der Waals surface area (Å²) < 4.78 is 5.66. The van der Waals surface area contributed by atoms with Crippen molar-refractivity contribution < 1.29 is 4.74 Å². The van der Waals surface area contributed by atoms with Crippen LogP contribution in [0.15, 0.2) is 18.2 Å². The molecule has 1 unspecified atom stereocenters. The minimum Gasteiger partial charge on any atom is -0.493 e. The smallest absolute Gasteiger partial charge is 0.122 e. The molecule has 100 valence electrons. The molecule has 1 aromatic rings. The van der Waals surface area contributed by atoms with Crippen molar-refractivity contribution in [2.45, 2.75) is 32.7 Å². The number of nitrogens with two attached hydrogens (primary N) is 1. The maximum absolute atomic E-state index is 5.89. The van der Waals surface area contributed by atoms with Crippen LogP contribution in [0.1, 0.15) is 37.4 Å². The van der Waals surface area contributed by atoms with Gasteiger partial charge in [-0.25, -0.2) is 0 Å². The van der Waals surface area contributed by atoms with Gasteiger partial charge in [-0.3, -0.25) is 0 Å². The number of benzene rings is 1. The minimum atomic E-state index is 0.0402. The topological polar surface area (TPSA) is 47.3 Å². The molecule has 18 heavy (non-hydrogen) atoms. The van der Waals surface area contributed by atoms with E-state index in [1.54, 1.807) is 0 Å². The summed E-state index contributed by atoms with van der Waals surface area (Å²) in [6.07, 6.45) is 2.23. The molecule has 3 nitrogen and oxygen atoms in total. The minimum absolute atomic E-state index is 0.0402. The molecule has 1 aromatic carbocycles. The second-order valence-corrected chi connectivity index (χ2v) is 5.73. The summed E-state index contributed by atoms with van der Waals surface area (Å²) in [5.74, 6) is 1.05. The fraction of sp³-hybridized carbons (Fsp3) is 0.600. The van der Waals surface area contributed by atoms with Crippen LogP contribution in [0, 0.1) is 5.41 Å². The largest absolute Gasteiger partial charge is 0.493 e.